The lowest BCUT2D eigenvalue weighted by atomic mass is 10.2. The van der Waals surface area contributed by atoms with Gasteiger partial charge < -0.3 is 10.2 Å². The van der Waals surface area contributed by atoms with Crippen LogP contribution in [0.2, 0.25) is 0 Å². The maximum Gasteiger partial charge on any atom is 0.243 e. The molecule has 0 bridgehead atoms. The highest BCUT2D eigenvalue weighted by molar-refractivity contribution is 7.89. The van der Waals surface area contributed by atoms with E-state index in [0.29, 0.717) is 11.4 Å². The number of benzene rings is 1. The van der Waals surface area contributed by atoms with Crippen molar-refractivity contribution < 1.29 is 8.42 Å². The number of anilines is 1. The molecule has 0 aliphatic carbocycles. The van der Waals surface area contributed by atoms with Crippen molar-refractivity contribution in [2.24, 2.45) is 0 Å². The van der Waals surface area contributed by atoms with E-state index in [1.165, 1.54) is 5.56 Å². The molecule has 1 aromatic rings. The van der Waals surface area contributed by atoms with Crippen molar-refractivity contribution >= 4 is 15.7 Å². The van der Waals surface area contributed by atoms with Gasteiger partial charge in [-0.2, -0.15) is 4.31 Å². The first-order chi connectivity index (χ1) is 9.48. The number of sulfonamides is 1. The van der Waals surface area contributed by atoms with E-state index in [1.54, 1.807) is 16.4 Å². The number of nitrogens with zero attached hydrogens (tertiary/aromatic N) is 2. The van der Waals surface area contributed by atoms with Crippen molar-refractivity contribution in [1.29, 1.82) is 0 Å². The Balaban J connectivity index is 1.92. The van der Waals surface area contributed by atoms with Gasteiger partial charge in [-0.25, -0.2) is 8.42 Å². The third kappa shape index (κ3) is 2.32. The summed E-state index contributed by atoms with van der Waals surface area (Å²) in [6, 6.07) is 5.47. The Labute approximate surface area is 120 Å². The molecule has 1 aromatic carbocycles. The molecule has 1 fully saturated rings. The molecule has 0 radical (unpaired) electrons. The summed E-state index contributed by atoms with van der Waals surface area (Å²) in [6.45, 7) is 4.99. The quantitative estimate of drug-likeness (QED) is 0.884. The van der Waals surface area contributed by atoms with Gasteiger partial charge in [-0.1, -0.05) is 6.07 Å². The third-order valence-corrected chi connectivity index (χ3v) is 6.18. The minimum absolute atomic E-state index is 0.0139. The first kappa shape index (κ1) is 13.9. The first-order valence-corrected chi connectivity index (χ1v) is 8.49. The van der Waals surface area contributed by atoms with Gasteiger partial charge in [0.15, 0.2) is 0 Å². The molecule has 0 spiro atoms. The van der Waals surface area contributed by atoms with Gasteiger partial charge in [-0.15, -0.1) is 0 Å². The molecule has 2 aliphatic rings. The Morgan fingerprint density at radius 2 is 2.10 bits per heavy atom. The molecular weight excluding hydrogens is 274 g/mol. The lowest BCUT2D eigenvalue weighted by Gasteiger charge is -2.37. The van der Waals surface area contributed by atoms with Gasteiger partial charge in [0, 0.05) is 37.9 Å². The molecule has 20 heavy (non-hydrogen) atoms. The van der Waals surface area contributed by atoms with Crippen LogP contribution < -0.4 is 5.32 Å². The molecule has 110 valence electrons. The standard InChI is InChI=1S/C14H21N3O2S/c1-11-10-16(2)7-8-17(11)20(18,19)13-4-3-12-5-6-15-14(12)9-13/h3-4,9,11,15H,5-8,10H2,1-2H3. The van der Waals surface area contributed by atoms with Crippen LogP contribution in [0.1, 0.15) is 12.5 Å². The minimum atomic E-state index is -3.39. The zero-order chi connectivity index (χ0) is 14.3. The predicted molar refractivity (Wildman–Crippen MR) is 79.5 cm³/mol. The predicted octanol–water partition coefficient (Wildman–Crippen LogP) is 0.979. The van der Waals surface area contributed by atoms with Crippen LogP contribution in [0, 0.1) is 0 Å². The van der Waals surface area contributed by atoms with E-state index in [4.69, 9.17) is 0 Å². The molecular formula is C14H21N3O2S. The molecule has 3 rings (SSSR count). The van der Waals surface area contributed by atoms with Crippen molar-refractivity contribution in [2.45, 2.75) is 24.3 Å². The van der Waals surface area contributed by atoms with Crippen LogP contribution in [-0.2, 0) is 16.4 Å². The summed E-state index contributed by atoms with van der Waals surface area (Å²) < 4.78 is 27.2. The van der Waals surface area contributed by atoms with E-state index < -0.39 is 10.0 Å². The summed E-state index contributed by atoms with van der Waals surface area (Å²) in [7, 11) is -1.36. The molecule has 0 aromatic heterocycles. The topological polar surface area (TPSA) is 52.7 Å². The van der Waals surface area contributed by atoms with Crippen LogP contribution >= 0.6 is 0 Å². The van der Waals surface area contributed by atoms with Crippen molar-refractivity contribution in [3.8, 4) is 0 Å². The lowest BCUT2D eigenvalue weighted by Crippen LogP contribution is -2.52. The number of rotatable bonds is 2. The molecule has 0 saturated carbocycles. The van der Waals surface area contributed by atoms with E-state index in [-0.39, 0.29) is 6.04 Å². The van der Waals surface area contributed by atoms with Gasteiger partial charge in [0.1, 0.15) is 0 Å². The summed E-state index contributed by atoms with van der Waals surface area (Å²) in [6.07, 6.45) is 0.973. The second-order valence-electron chi connectivity index (χ2n) is 5.72. The maximum absolute atomic E-state index is 12.8. The van der Waals surface area contributed by atoms with E-state index in [1.807, 2.05) is 20.0 Å². The minimum Gasteiger partial charge on any atom is -0.384 e. The summed E-state index contributed by atoms with van der Waals surface area (Å²) in [4.78, 5) is 2.57. The number of hydrogen-bond donors (Lipinski definition) is 1. The lowest BCUT2D eigenvalue weighted by molar-refractivity contribution is 0.170. The normalized spacial score (nSPS) is 24.4. The Morgan fingerprint density at radius 3 is 2.85 bits per heavy atom. The van der Waals surface area contributed by atoms with Crippen LogP contribution in [0.5, 0.6) is 0 Å². The number of nitrogens with one attached hydrogen (secondary N) is 1. The van der Waals surface area contributed by atoms with Crippen molar-refractivity contribution in [2.75, 3.05) is 38.5 Å². The third-order valence-electron chi connectivity index (χ3n) is 4.17. The maximum atomic E-state index is 12.8. The van der Waals surface area contributed by atoms with E-state index in [9.17, 15) is 8.42 Å². The van der Waals surface area contributed by atoms with E-state index >= 15 is 0 Å². The number of fused-ring (bicyclic) bond motifs is 1. The smallest absolute Gasteiger partial charge is 0.243 e. The summed E-state index contributed by atoms with van der Waals surface area (Å²) in [5.41, 5.74) is 2.17. The summed E-state index contributed by atoms with van der Waals surface area (Å²) in [5.74, 6) is 0. The molecule has 6 heteroatoms. The van der Waals surface area contributed by atoms with Gasteiger partial charge in [0.05, 0.1) is 4.90 Å². The average molecular weight is 295 g/mol. The van der Waals surface area contributed by atoms with Crippen LogP contribution in [0.15, 0.2) is 23.1 Å². The van der Waals surface area contributed by atoms with Crippen LogP contribution in [-0.4, -0.2) is 56.9 Å². The van der Waals surface area contributed by atoms with Gasteiger partial charge in [0.2, 0.25) is 10.0 Å². The molecule has 1 unspecified atom stereocenters. The molecule has 1 atom stereocenters. The average Bonchev–Trinajstić information content (AvgIpc) is 2.85. The van der Waals surface area contributed by atoms with Gasteiger partial charge in [0.25, 0.3) is 0 Å². The molecule has 5 nitrogen and oxygen atoms in total. The van der Waals surface area contributed by atoms with Crippen LogP contribution in [0.3, 0.4) is 0 Å². The second kappa shape index (κ2) is 5.02. The second-order valence-corrected chi connectivity index (χ2v) is 7.61. The van der Waals surface area contributed by atoms with Gasteiger partial charge in [-0.05, 0) is 38.1 Å². The molecule has 0 amide bonds. The zero-order valence-electron chi connectivity index (χ0n) is 12.0. The largest absolute Gasteiger partial charge is 0.384 e. The Hall–Kier alpha value is -1.11. The highest BCUT2D eigenvalue weighted by Gasteiger charge is 2.33. The fourth-order valence-corrected chi connectivity index (χ4v) is 4.69. The SMILES string of the molecule is CC1CN(C)CCN1S(=O)(=O)c1ccc2c(c1)NCC2. The van der Waals surface area contributed by atoms with Gasteiger partial charge >= 0.3 is 0 Å². The Kier molecular flexibility index (Phi) is 3.48. The molecule has 2 aliphatic heterocycles. The summed E-state index contributed by atoms with van der Waals surface area (Å²) in [5, 5.41) is 3.24. The van der Waals surface area contributed by atoms with Crippen molar-refractivity contribution in [3.05, 3.63) is 23.8 Å². The molecule has 1 N–H and O–H groups in total. The fraction of sp³-hybridized carbons (Fsp3) is 0.571. The van der Waals surface area contributed by atoms with E-state index in [2.05, 4.69) is 10.2 Å². The highest BCUT2D eigenvalue weighted by Crippen LogP contribution is 2.28. The van der Waals surface area contributed by atoms with Crippen LogP contribution in [0.4, 0.5) is 5.69 Å². The van der Waals surface area contributed by atoms with Crippen LogP contribution in [0.25, 0.3) is 0 Å². The first-order valence-electron chi connectivity index (χ1n) is 7.05. The number of hydrogen-bond acceptors (Lipinski definition) is 4. The van der Waals surface area contributed by atoms with E-state index in [0.717, 1.165) is 31.7 Å². The highest BCUT2D eigenvalue weighted by atomic mass is 32.2. The molecule has 1 saturated heterocycles. The molecule has 2 heterocycles. The van der Waals surface area contributed by atoms with Crippen molar-refractivity contribution in [1.82, 2.24) is 9.21 Å². The summed E-state index contributed by atoms with van der Waals surface area (Å²) >= 11 is 0. The monoisotopic (exact) mass is 295 g/mol. The Morgan fingerprint density at radius 1 is 1.30 bits per heavy atom. The number of piperazine rings is 1. The Bertz CT molecular complexity index is 615. The fourth-order valence-electron chi connectivity index (χ4n) is 3.05. The number of likely N-dealkylation sites (N-methyl/N-ethyl adjacent to an activating group) is 1. The van der Waals surface area contributed by atoms with Gasteiger partial charge in [-0.3, -0.25) is 0 Å². The van der Waals surface area contributed by atoms with Crippen molar-refractivity contribution in [3.63, 3.8) is 0 Å². The zero-order valence-corrected chi connectivity index (χ0v) is 12.8.